The van der Waals surface area contributed by atoms with Crippen LogP contribution in [0.25, 0.3) is 0 Å². The lowest BCUT2D eigenvalue weighted by molar-refractivity contribution is -0.305. The van der Waals surface area contributed by atoms with Crippen molar-refractivity contribution in [3.8, 4) is 0 Å². The van der Waals surface area contributed by atoms with Crippen molar-refractivity contribution in [3.05, 3.63) is 35.9 Å². The van der Waals surface area contributed by atoms with E-state index in [-0.39, 0.29) is 13.2 Å². The van der Waals surface area contributed by atoms with Gasteiger partial charge < -0.3 is 19.3 Å². The van der Waals surface area contributed by atoms with Gasteiger partial charge >= 0.3 is 0 Å². The van der Waals surface area contributed by atoms with E-state index in [0.717, 1.165) is 5.56 Å². The van der Waals surface area contributed by atoms with E-state index in [2.05, 4.69) is 0 Å². The van der Waals surface area contributed by atoms with Gasteiger partial charge in [0.1, 0.15) is 18.3 Å². The first kappa shape index (κ1) is 12.0. The van der Waals surface area contributed by atoms with E-state index in [9.17, 15) is 9.50 Å². The SMILES string of the molecule is O[C@H]1CO[C@@H]2COC(c3ccccc3)O[C@H]2[C@@H]1F. The molecule has 0 amide bonds. The number of aliphatic hydroxyl groups excluding tert-OH is 1. The second kappa shape index (κ2) is 4.93. The van der Waals surface area contributed by atoms with Gasteiger partial charge in [-0.2, -0.15) is 0 Å². The van der Waals surface area contributed by atoms with Crippen molar-refractivity contribution in [3.63, 3.8) is 0 Å². The largest absolute Gasteiger partial charge is 0.388 e. The zero-order chi connectivity index (χ0) is 12.5. The van der Waals surface area contributed by atoms with E-state index < -0.39 is 30.8 Å². The third-order valence-electron chi connectivity index (χ3n) is 3.29. The van der Waals surface area contributed by atoms with Crippen LogP contribution < -0.4 is 0 Å². The molecule has 0 aliphatic carbocycles. The van der Waals surface area contributed by atoms with E-state index in [1.54, 1.807) is 0 Å². The summed E-state index contributed by atoms with van der Waals surface area (Å²) in [5.41, 5.74) is 0.836. The van der Waals surface area contributed by atoms with Gasteiger partial charge in [0.05, 0.1) is 13.2 Å². The lowest BCUT2D eigenvalue weighted by Crippen LogP contribution is -2.56. The summed E-state index contributed by atoms with van der Waals surface area (Å²) >= 11 is 0. The van der Waals surface area contributed by atoms with Gasteiger partial charge in [-0.05, 0) is 0 Å². The van der Waals surface area contributed by atoms with Crippen LogP contribution in [-0.2, 0) is 14.2 Å². The molecule has 0 spiro atoms. The minimum atomic E-state index is -1.43. The second-order valence-corrected chi connectivity index (χ2v) is 4.56. The fourth-order valence-corrected chi connectivity index (χ4v) is 2.29. The monoisotopic (exact) mass is 254 g/mol. The molecule has 1 aromatic carbocycles. The van der Waals surface area contributed by atoms with Crippen LogP contribution in [0, 0.1) is 0 Å². The lowest BCUT2D eigenvalue weighted by Gasteiger charge is -2.42. The van der Waals surface area contributed by atoms with E-state index in [1.165, 1.54) is 0 Å². The van der Waals surface area contributed by atoms with Crippen molar-refractivity contribution in [1.29, 1.82) is 0 Å². The van der Waals surface area contributed by atoms with Gasteiger partial charge in [-0.1, -0.05) is 30.3 Å². The minimum absolute atomic E-state index is 0.00887. The average molecular weight is 254 g/mol. The first-order valence-electron chi connectivity index (χ1n) is 6.01. The van der Waals surface area contributed by atoms with Gasteiger partial charge in [0.15, 0.2) is 12.5 Å². The molecule has 2 fully saturated rings. The highest BCUT2D eigenvalue weighted by Gasteiger charge is 2.45. The number of aliphatic hydroxyl groups is 1. The molecule has 0 radical (unpaired) electrons. The smallest absolute Gasteiger partial charge is 0.184 e. The summed E-state index contributed by atoms with van der Waals surface area (Å²) in [6.45, 7) is 0.266. The molecule has 0 saturated carbocycles. The third-order valence-corrected chi connectivity index (χ3v) is 3.29. The van der Waals surface area contributed by atoms with Crippen LogP contribution in [0.3, 0.4) is 0 Å². The molecule has 0 bridgehead atoms. The highest BCUT2D eigenvalue weighted by atomic mass is 19.1. The Kier molecular flexibility index (Phi) is 3.30. The van der Waals surface area contributed by atoms with Gasteiger partial charge in [-0.15, -0.1) is 0 Å². The Hall–Kier alpha value is -1.01. The number of alkyl halides is 1. The second-order valence-electron chi connectivity index (χ2n) is 4.56. The molecule has 5 heteroatoms. The summed E-state index contributed by atoms with van der Waals surface area (Å²) < 4.78 is 30.3. The average Bonchev–Trinajstić information content (AvgIpc) is 2.44. The fraction of sp³-hybridized carbons (Fsp3) is 0.538. The standard InChI is InChI=1S/C13H15FO4/c14-11-9(15)6-16-10-7-17-13(18-12(10)11)8-4-2-1-3-5-8/h1-5,9-13,15H,6-7H2/t9-,10+,11+,12+,13?/m0/s1. The predicted octanol–water partition coefficient (Wildman–Crippen LogP) is 1.20. The van der Waals surface area contributed by atoms with Crippen LogP contribution in [0.4, 0.5) is 4.39 Å². The zero-order valence-electron chi connectivity index (χ0n) is 9.74. The number of fused-ring (bicyclic) bond motifs is 1. The van der Waals surface area contributed by atoms with E-state index in [0.29, 0.717) is 0 Å². The first-order valence-corrected chi connectivity index (χ1v) is 6.01. The zero-order valence-corrected chi connectivity index (χ0v) is 9.74. The molecule has 2 aliphatic rings. The summed E-state index contributed by atoms with van der Waals surface area (Å²) in [5.74, 6) is 0. The molecule has 2 saturated heterocycles. The Labute approximate surface area is 104 Å². The Morgan fingerprint density at radius 1 is 1.11 bits per heavy atom. The molecule has 4 nitrogen and oxygen atoms in total. The van der Waals surface area contributed by atoms with Gasteiger partial charge in [0.2, 0.25) is 0 Å². The molecule has 2 aliphatic heterocycles. The number of ether oxygens (including phenoxy) is 3. The van der Waals surface area contributed by atoms with Crippen molar-refractivity contribution in [2.75, 3.05) is 13.2 Å². The predicted molar refractivity (Wildman–Crippen MR) is 60.7 cm³/mol. The first-order chi connectivity index (χ1) is 8.75. The number of rotatable bonds is 1. The maximum absolute atomic E-state index is 13.9. The Morgan fingerprint density at radius 3 is 2.67 bits per heavy atom. The Balaban J connectivity index is 1.75. The van der Waals surface area contributed by atoms with Crippen molar-refractivity contribution in [2.24, 2.45) is 0 Å². The molecular formula is C13H15FO4. The highest BCUT2D eigenvalue weighted by Crippen LogP contribution is 2.33. The summed E-state index contributed by atoms with van der Waals surface area (Å²) in [6, 6.07) is 9.35. The van der Waals surface area contributed by atoms with E-state index in [1.807, 2.05) is 30.3 Å². The fourth-order valence-electron chi connectivity index (χ4n) is 2.29. The maximum atomic E-state index is 13.9. The maximum Gasteiger partial charge on any atom is 0.184 e. The van der Waals surface area contributed by atoms with E-state index in [4.69, 9.17) is 14.2 Å². The van der Waals surface area contributed by atoms with Crippen molar-refractivity contribution < 1.29 is 23.7 Å². The van der Waals surface area contributed by atoms with Crippen LogP contribution in [-0.4, -0.2) is 42.8 Å². The third kappa shape index (κ3) is 2.14. The Morgan fingerprint density at radius 2 is 1.89 bits per heavy atom. The molecular weight excluding hydrogens is 239 g/mol. The van der Waals surface area contributed by atoms with Gasteiger partial charge in [0.25, 0.3) is 0 Å². The number of halogens is 1. The molecule has 1 N–H and O–H groups in total. The minimum Gasteiger partial charge on any atom is -0.388 e. The number of benzene rings is 1. The molecule has 18 heavy (non-hydrogen) atoms. The van der Waals surface area contributed by atoms with Crippen molar-refractivity contribution in [1.82, 2.24) is 0 Å². The summed E-state index contributed by atoms with van der Waals surface area (Å²) in [5, 5.41) is 9.45. The van der Waals surface area contributed by atoms with Crippen LogP contribution in [0.1, 0.15) is 11.9 Å². The normalized spacial score (nSPS) is 40.2. The Bertz CT molecular complexity index is 397. The molecule has 0 aromatic heterocycles. The number of hydrogen-bond acceptors (Lipinski definition) is 4. The topological polar surface area (TPSA) is 47.9 Å². The molecule has 3 rings (SSSR count). The molecule has 5 atom stereocenters. The molecule has 1 aromatic rings. The number of hydrogen-bond donors (Lipinski definition) is 1. The van der Waals surface area contributed by atoms with Gasteiger partial charge in [-0.25, -0.2) is 4.39 Å². The van der Waals surface area contributed by atoms with Crippen LogP contribution >= 0.6 is 0 Å². The summed E-state index contributed by atoms with van der Waals surface area (Å²) in [6.07, 6.45) is -4.37. The van der Waals surface area contributed by atoms with Crippen molar-refractivity contribution >= 4 is 0 Å². The van der Waals surface area contributed by atoms with Crippen LogP contribution in [0.15, 0.2) is 30.3 Å². The van der Waals surface area contributed by atoms with Crippen molar-refractivity contribution in [2.45, 2.75) is 30.8 Å². The lowest BCUT2D eigenvalue weighted by atomic mass is 10.0. The molecule has 98 valence electrons. The summed E-state index contributed by atoms with van der Waals surface area (Å²) in [7, 11) is 0. The quantitative estimate of drug-likeness (QED) is 0.818. The molecule has 1 unspecified atom stereocenters. The van der Waals surface area contributed by atoms with Gasteiger partial charge in [-0.3, -0.25) is 0 Å². The highest BCUT2D eigenvalue weighted by molar-refractivity contribution is 5.16. The van der Waals surface area contributed by atoms with E-state index >= 15 is 0 Å². The molecule has 2 heterocycles. The summed E-state index contributed by atoms with van der Waals surface area (Å²) in [4.78, 5) is 0. The van der Waals surface area contributed by atoms with Crippen LogP contribution in [0.2, 0.25) is 0 Å². The van der Waals surface area contributed by atoms with Crippen LogP contribution in [0.5, 0.6) is 0 Å². The van der Waals surface area contributed by atoms with Gasteiger partial charge in [0, 0.05) is 5.56 Å².